The maximum absolute atomic E-state index is 13.2. The zero-order valence-electron chi connectivity index (χ0n) is 13.8. The molecule has 0 aliphatic rings. The number of nitrogens with zero attached hydrogens (tertiary/aromatic N) is 2. The Hall–Kier alpha value is -2.79. The van der Waals surface area contributed by atoms with Crippen LogP contribution >= 0.6 is 11.3 Å². The Morgan fingerprint density at radius 1 is 1.04 bits per heavy atom. The molecule has 0 amide bonds. The minimum Gasteiger partial charge on any atom is -0.296 e. The molecule has 0 bridgehead atoms. The lowest BCUT2D eigenvalue weighted by Gasteiger charge is -2.05. The van der Waals surface area contributed by atoms with Crippen LogP contribution in [0, 0.1) is 19.7 Å². The highest BCUT2D eigenvalue weighted by Gasteiger charge is 2.18. The summed E-state index contributed by atoms with van der Waals surface area (Å²) in [4.78, 5) is 17.3. The molecule has 0 atom stereocenters. The number of halogens is 1. The van der Waals surface area contributed by atoms with E-state index in [2.05, 4.69) is 11.9 Å². The third-order valence-electron chi connectivity index (χ3n) is 4.43. The van der Waals surface area contributed by atoms with Gasteiger partial charge in [-0.1, -0.05) is 12.1 Å². The number of imidazole rings is 1. The molecule has 3 nitrogen and oxygen atoms in total. The van der Waals surface area contributed by atoms with E-state index in [1.807, 2.05) is 34.9 Å². The predicted molar refractivity (Wildman–Crippen MR) is 98.8 cm³/mol. The average molecular weight is 350 g/mol. The van der Waals surface area contributed by atoms with E-state index >= 15 is 0 Å². The third-order valence-corrected chi connectivity index (χ3v) is 5.26. The van der Waals surface area contributed by atoms with Crippen molar-refractivity contribution in [2.24, 2.45) is 0 Å². The van der Waals surface area contributed by atoms with Crippen LogP contribution in [0.3, 0.4) is 0 Å². The standard InChI is InChI=1S/C20H15FN2OS/c1-12-3-4-15(9-13(12)2)19-17(10-24)23-18(11-25-20(23)22-19)14-5-7-16(21)8-6-14/h3-11H,1-2H3. The second kappa shape index (κ2) is 5.93. The SMILES string of the molecule is Cc1ccc(-c2nc3scc(-c4ccc(F)cc4)n3c2C=O)cc1C. The summed E-state index contributed by atoms with van der Waals surface area (Å²) in [7, 11) is 0. The summed E-state index contributed by atoms with van der Waals surface area (Å²) in [5, 5.41) is 1.94. The second-order valence-corrected chi connectivity index (χ2v) is 6.84. The quantitative estimate of drug-likeness (QED) is 0.470. The molecule has 0 spiro atoms. The first-order valence-electron chi connectivity index (χ1n) is 7.87. The van der Waals surface area contributed by atoms with Crippen LogP contribution in [0.15, 0.2) is 47.8 Å². The molecule has 2 heterocycles. The van der Waals surface area contributed by atoms with Gasteiger partial charge < -0.3 is 0 Å². The van der Waals surface area contributed by atoms with Crippen molar-refractivity contribution in [3.8, 4) is 22.5 Å². The van der Waals surface area contributed by atoms with Gasteiger partial charge in [-0.15, -0.1) is 11.3 Å². The molecule has 0 saturated heterocycles. The van der Waals surface area contributed by atoms with Gasteiger partial charge >= 0.3 is 0 Å². The fourth-order valence-electron chi connectivity index (χ4n) is 2.91. The summed E-state index contributed by atoms with van der Waals surface area (Å²) < 4.78 is 15.1. The molecule has 0 N–H and O–H groups in total. The fraction of sp³-hybridized carbons (Fsp3) is 0.100. The number of aldehydes is 1. The van der Waals surface area contributed by atoms with Gasteiger partial charge in [0.05, 0.1) is 5.69 Å². The molecule has 4 rings (SSSR count). The van der Waals surface area contributed by atoms with Crippen molar-refractivity contribution in [2.45, 2.75) is 13.8 Å². The highest BCUT2D eigenvalue weighted by Crippen LogP contribution is 2.32. The van der Waals surface area contributed by atoms with Gasteiger partial charge in [0.15, 0.2) is 11.2 Å². The molecule has 2 aromatic heterocycles. The topological polar surface area (TPSA) is 34.4 Å². The fourth-order valence-corrected chi connectivity index (χ4v) is 3.82. The Kier molecular flexibility index (Phi) is 3.73. The molecule has 4 aromatic rings. The largest absolute Gasteiger partial charge is 0.296 e. The lowest BCUT2D eigenvalue weighted by atomic mass is 10.0. The minimum atomic E-state index is -0.285. The predicted octanol–water partition coefficient (Wildman–Crippen LogP) is 5.30. The van der Waals surface area contributed by atoms with Gasteiger partial charge in [0.2, 0.25) is 0 Å². The van der Waals surface area contributed by atoms with Crippen LogP contribution in [-0.4, -0.2) is 15.7 Å². The van der Waals surface area contributed by atoms with E-state index in [4.69, 9.17) is 0 Å². The van der Waals surface area contributed by atoms with Crippen molar-refractivity contribution in [1.29, 1.82) is 0 Å². The number of carbonyl (C=O) groups excluding carboxylic acids is 1. The first-order chi connectivity index (χ1) is 12.1. The van der Waals surface area contributed by atoms with Crippen LogP contribution in [0.1, 0.15) is 21.6 Å². The van der Waals surface area contributed by atoms with E-state index in [9.17, 15) is 9.18 Å². The smallest absolute Gasteiger partial charge is 0.195 e. The van der Waals surface area contributed by atoms with Crippen molar-refractivity contribution in [3.05, 3.63) is 70.5 Å². The molecule has 0 fully saturated rings. The van der Waals surface area contributed by atoms with Gasteiger partial charge in [-0.25, -0.2) is 9.37 Å². The van der Waals surface area contributed by atoms with Crippen molar-refractivity contribution in [2.75, 3.05) is 0 Å². The maximum atomic E-state index is 13.2. The van der Waals surface area contributed by atoms with E-state index in [-0.39, 0.29) is 5.82 Å². The van der Waals surface area contributed by atoms with Crippen LogP contribution in [0.5, 0.6) is 0 Å². The summed E-state index contributed by atoms with van der Waals surface area (Å²) in [6.45, 7) is 4.10. The number of rotatable bonds is 3. The Morgan fingerprint density at radius 2 is 1.76 bits per heavy atom. The number of hydrogen-bond donors (Lipinski definition) is 0. The molecule has 0 radical (unpaired) electrons. The lowest BCUT2D eigenvalue weighted by Crippen LogP contribution is -1.94. The summed E-state index contributed by atoms with van der Waals surface area (Å²) in [6, 6.07) is 12.3. The third kappa shape index (κ3) is 2.57. The van der Waals surface area contributed by atoms with Gasteiger partial charge in [0, 0.05) is 10.9 Å². The van der Waals surface area contributed by atoms with Gasteiger partial charge in [-0.05, 0) is 60.9 Å². The number of thiazole rings is 1. The molecule has 0 aliphatic carbocycles. The van der Waals surface area contributed by atoms with Gasteiger partial charge in [0.25, 0.3) is 0 Å². The average Bonchev–Trinajstić information content (AvgIpc) is 3.17. The number of carbonyl (C=O) groups is 1. The summed E-state index contributed by atoms with van der Waals surface area (Å²) in [6.07, 6.45) is 0.838. The van der Waals surface area contributed by atoms with Crippen molar-refractivity contribution >= 4 is 22.6 Å². The number of aromatic nitrogens is 2. The molecule has 0 unspecified atom stereocenters. The van der Waals surface area contributed by atoms with E-state index < -0.39 is 0 Å². The Bertz CT molecular complexity index is 1090. The van der Waals surface area contributed by atoms with Gasteiger partial charge in [0.1, 0.15) is 17.2 Å². The van der Waals surface area contributed by atoms with Crippen LogP contribution in [0.25, 0.3) is 27.5 Å². The Labute approximate surface area is 148 Å². The monoisotopic (exact) mass is 350 g/mol. The van der Waals surface area contributed by atoms with Gasteiger partial charge in [-0.3, -0.25) is 9.20 Å². The zero-order valence-corrected chi connectivity index (χ0v) is 14.6. The van der Waals surface area contributed by atoms with E-state index in [1.54, 1.807) is 12.1 Å². The second-order valence-electron chi connectivity index (χ2n) is 6.01. The Morgan fingerprint density at radius 3 is 2.44 bits per heavy atom. The van der Waals surface area contributed by atoms with E-state index in [0.717, 1.165) is 33.6 Å². The van der Waals surface area contributed by atoms with Crippen LogP contribution in [0.2, 0.25) is 0 Å². The first kappa shape index (κ1) is 15.7. The summed E-state index contributed by atoms with van der Waals surface area (Å²) in [5.41, 5.74) is 6.15. The molecular formula is C20H15FN2OS. The van der Waals surface area contributed by atoms with Gasteiger partial charge in [-0.2, -0.15) is 0 Å². The van der Waals surface area contributed by atoms with E-state index in [1.165, 1.54) is 29.0 Å². The Balaban J connectivity index is 1.95. The maximum Gasteiger partial charge on any atom is 0.195 e. The molecule has 124 valence electrons. The molecule has 25 heavy (non-hydrogen) atoms. The molecular weight excluding hydrogens is 335 g/mol. The van der Waals surface area contributed by atoms with Crippen LogP contribution in [-0.2, 0) is 0 Å². The molecule has 5 heteroatoms. The number of aryl methyl sites for hydroxylation is 2. The molecule has 2 aromatic carbocycles. The first-order valence-corrected chi connectivity index (χ1v) is 8.75. The number of benzene rings is 2. The lowest BCUT2D eigenvalue weighted by molar-refractivity contribution is 0.111. The van der Waals surface area contributed by atoms with Crippen LogP contribution in [0.4, 0.5) is 4.39 Å². The van der Waals surface area contributed by atoms with Crippen LogP contribution < -0.4 is 0 Å². The normalized spacial score (nSPS) is 11.2. The van der Waals surface area contributed by atoms with Crippen molar-refractivity contribution in [3.63, 3.8) is 0 Å². The summed E-state index contributed by atoms with van der Waals surface area (Å²) >= 11 is 1.46. The molecule has 0 saturated carbocycles. The highest BCUT2D eigenvalue weighted by molar-refractivity contribution is 7.15. The number of fused-ring (bicyclic) bond motifs is 1. The van der Waals surface area contributed by atoms with Crippen molar-refractivity contribution in [1.82, 2.24) is 9.38 Å². The highest BCUT2D eigenvalue weighted by atomic mass is 32.1. The minimum absolute atomic E-state index is 0.285. The zero-order chi connectivity index (χ0) is 17.6. The number of hydrogen-bond acceptors (Lipinski definition) is 3. The van der Waals surface area contributed by atoms with Crippen molar-refractivity contribution < 1.29 is 9.18 Å². The summed E-state index contributed by atoms with van der Waals surface area (Å²) in [5.74, 6) is -0.285. The molecule has 0 aliphatic heterocycles. The van der Waals surface area contributed by atoms with E-state index in [0.29, 0.717) is 11.4 Å².